The lowest BCUT2D eigenvalue weighted by molar-refractivity contribution is -0.0280. The summed E-state index contributed by atoms with van der Waals surface area (Å²) in [6, 6.07) is 15.2. The van der Waals surface area contributed by atoms with E-state index in [9.17, 15) is 4.79 Å². The minimum Gasteiger partial charge on any atom is -0.339 e. The number of fused-ring (bicyclic) bond motifs is 1. The summed E-state index contributed by atoms with van der Waals surface area (Å²) in [5.74, 6) is 0.0306. The Balaban J connectivity index is 0.00000205. The molecule has 5 rings (SSSR count). The summed E-state index contributed by atoms with van der Waals surface area (Å²) in [4.78, 5) is 24.4. The molecule has 29 heavy (non-hydrogen) atoms. The molecule has 2 aliphatic rings. The van der Waals surface area contributed by atoms with Crippen LogP contribution < -0.4 is 10.4 Å². The average Bonchev–Trinajstić information content (AvgIpc) is 2.68. The number of benzene rings is 2. The number of amides is 1. The number of hydrogen-bond acceptors (Lipinski definition) is 6. The molecule has 2 fully saturated rings. The molecule has 7 nitrogen and oxygen atoms in total. The molecule has 0 unspecified atom stereocenters. The van der Waals surface area contributed by atoms with Crippen molar-refractivity contribution in [1.82, 2.24) is 20.3 Å². The Bertz CT molecular complexity index is 1030. The van der Waals surface area contributed by atoms with E-state index in [0.717, 1.165) is 32.7 Å². The summed E-state index contributed by atoms with van der Waals surface area (Å²) in [6.07, 6.45) is 2.87. The quantitative estimate of drug-likeness (QED) is 0.507. The molecule has 2 aromatic carbocycles. The summed E-state index contributed by atoms with van der Waals surface area (Å²) in [6.45, 7) is 5.02. The molecule has 0 bridgehead atoms. The zero-order chi connectivity index (χ0) is 19.1. The normalized spacial score (nSPS) is 17.3. The number of carbonyl (C=O) groups is 1. The highest BCUT2D eigenvalue weighted by atomic mass is 35.5. The fourth-order valence-electron chi connectivity index (χ4n) is 4.38. The van der Waals surface area contributed by atoms with Crippen molar-refractivity contribution >= 4 is 35.0 Å². The Labute approximate surface area is 174 Å². The predicted octanol–water partition coefficient (Wildman–Crippen LogP) is 2.49. The van der Waals surface area contributed by atoms with Gasteiger partial charge in [0.2, 0.25) is 5.95 Å². The third-order valence-corrected chi connectivity index (χ3v) is 5.68. The SMILES string of the molecule is Cl.O=C(NO)c1cnc(N2CC3(CN(Cc4ccc5ccccc5c4)C3)C2)nc1. The smallest absolute Gasteiger partial charge is 0.277 e. The number of carbonyl (C=O) groups excluding carboxylic acids is 1. The second-order valence-corrected chi connectivity index (χ2v) is 7.90. The largest absolute Gasteiger partial charge is 0.339 e. The maximum Gasteiger partial charge on any atom is 0.277 e. The summed E-state index contributed by atoms with van der Waals surface area (Å²) < 4.78 is 0. The highest BCUT2D eigenvalue weighted by molar-refractivity contribution is 5.92. The Kier molecular flexibility index (Phi) is 5.12. The number of hydroxylamine groups is 1. The van der Waals surface area contributed by atoms with E-state index in [1.807, 2.05) is 0 Å². The lowest BCUT2D eigenvalue weighted by atomic mass is 9.73. The van der Waals surface area contributed by atoms with Crippen molar-refractivity contribution in [2.24, 2.45) is 5.41 Å². The zero-order valence-corrected chi connectivity index (χ0v) is 16.6. The van der Waals surface area contributed by atoms with Crippen molar-refractivity contribution in [1.29, 1.82) is 0 Å². The molecule has 1 aromatic heterocycles. The first kappa shape index (κ1) is 19.6. The van der Waals surface area contributed by atoms with Gasteiger partial charge in [-0.3, -0.25) is 14.9 Å². The fraction of sp³-hybridized carbons (Fsp3) is 0.286. The Morgan fingerprint density at radius 3 is 2.41 bits per heavy atom. The first-order chi connectivity index (χ1) is 13.6. The van der Waals surface area contributed by atoms with E-state index in [1.165, 1.54) is 28.7 Å². The monoisotopic (exact) mass is 411 g/mol. The molecule has 0 radical (unpaired) electrons. The van der Waals surface area contributed by atoms with Gasteiger partial charge in [-0.25, -0.2) is 15.4 Å². The summed E-state index contributed by atoms with van der Waals surface area (Å²) in [7, 11) is 0. The van der Waals surface area contributed by atoms with Crippen LogP contribution in [-0.4, -0.2) is 52.2 Å². The van der Waals surface area contributed by atoms with Crippen LogP contribution in [0.25, 0.3) is 10.8 Å². The Morgan fingerprint density at radius 2 is 1.72 bits per heavy atom. The molecular weight excluding hydrogens is 390 g/mol. The summed E-state index contributed by atoms with van der Waals surface area (Å²) in [5, 5.41) is 11.2. The second-order valence-electron chi connectivity index (χ2n) is 7.90. The first-order valence-corrected chi connectivity index (χ1v) is 9.36. The van der Waals surface area contributed by atoms with Crippen LogP contribution >= 0.6 is 12.4 Å². The molecule has 3 heterocycles. The zero-order valence-electron chi connectivity index (χ0n) is 15.8. The van der Waals surface area contributed by atoms with E-state index in [2.05, 4.69) is 62.2 Å². The minimum absolute atomic E-state index is 0. The van der Waals surface area contributed by atoms with E-state index in [1.54, 1.807) is 5.48 Å². The van der Waals surface area contributed by atoms with Crippen LogP contribution in [0.3, 0.4) is 0 Å². The van der Waals surface area contributed by atoms with Gasteiger partial charge in [-0.05, 0) is 22.4 Å². The van der Waals surface area contributed by atoms with E-state index < -0.39 is 5.91 Å². The lowest BCUT2D eigenvalue weighted by Gasteiger charge is -2.60. The molecule has 8 heteroatoms. The standard InChI is InChI=1S/C21H21N5O2.ClH/c27-19(24-28)18-8-22-20(23-9-18)26-13-21(14-26)11-25(12-21)10-15-5-6-16-3-1-2-4-17(16)7-15;/h1-9,28H,10-14H2,(H,24,27);1H. The first-order valence-electron chi connectivity index (χ1n) is 9.36. The highest BCUT2D eigenvalue weighted by Crippen LogP contribution is 2.41. The molecule has 2 saturated heterocycles. The minimum atomic E-state index is -0.602. The van der Waals surface area contributed by atoms with E-state index in [0.29, 0.717) is 11.4 Å². The second kappa shape index (κ2) is 7.59. The number of likely N-dealkylation sites (tertiary alicyclic amines) is 1. The van der Waals surface area contributed by atoms with E-state index >= 15 is 0 Å². The Hall–Kier alpha value is -2.74. The number of hydrogen-bond donors (Lipinski definition) is 2. The van der Waals surface area contributed by atoms with E-state index in [4.69, 9.17) is 5.21 Å². The third-order valence-electron chi connectivity index (χ3n) is 5.68. The van der Waals surface area contributed by atoms with Gasteiger partial charge in [0.05, 0.1) is 5.56 Å². The van der Waals surface area contributed by atoms with Gasteiger partial charge < -0.3 is 4.90 Å². The van der Waals surface area contributed by atoms with Crippen LogP contribution in [0, 0.1) is 5.41 Å². The van der Waals surface area contributed by atoms with Crippen LogP contribution in [0.2, 0.25) is 0 Å². The Morgan fingerprint density at radius 1 is 1.03 bits per heavy atom. The molecule has 3 aromatic rings. The van der Waals surface area contributed by atoms with Crippen molar-refractivity contribution in [2.75, 3.05) is 31.1 Å². The molecule has 0 atom stereocenters. The van der Waals surface area contributed by atoms with Crippen molar-refractivity contribution in [2.45, 2.75) is 6.54 Å². The number of halogens is 1. The van der Waals surface area contributed by atoms with Crippen LogP contribution in [0.15, 0.2) is 54.9 Å². The average molecular weight is 412 g/mol. The van der Waals surface area contributed by atoms with Gasteiger partial charge >= 0.3 is 0 Å². The molecule has 1 amide bonds. The molecular formula is C21H22ClN5O2. The fourth-order valence-corrected chi connectivity index (χ4v) is 4.38. The van der Waals surface area contributed by atoms with Crippen molar-refractivity contribution in [3.63, 3.8) is 0 Å². The van der Waals surface area contributed by atoms with Gasteiger partial charge in [0.1, 0.15) is 0 Å². The van der Waals surface area contributed by atoms with Crippen LogP contribution in [0.4, 0.5) is 5.95 Å². The number of anilines is 1. The summed E-state index contributed by atoms with van der Waals surface area (Å²) in [5.41, 5.74) is 3.52. The van der Waals surface area contributed by atoms with Crippen molar-refractivity contribution in [3.8, 4) is 0 Å². The lowest BCUT2D eigenvalue weighted by Crippen LogP contribution is -2.72. The molecule has 0 saturated carbocycles. The highest BCUT2D eigenvalue weighted by Gasteiger charge is 2.52. The van der Waals surface area contributed by atoms with Gasteiger partial charge in [-0.15, -0.1) is 12.4 Å². The molecule has 2 N–H and O–H groups in total. The number of nitrogens with zero attached hydrogens (tertiary/aromatic N) is 4. The van der Waals surface area contributed by atoms with Gasteiger partial charge in [0.25, 0.3) is 5.91 Å². The summed E-state index contributed by atoms with van der Waals surface area (Å²) >= 11 is 0. The maximum atomic E-state index is 11.3. The van der Waals surface area contributed by atoms with Crippen LogP contribution in [0.5, 0.6) is 0 Å². The van der Waals surface area contributed by atoms with Crippen LogP contribution in [0.1, 0.15) is 15.9 Å². The van der Waals surface area contributed by atoms with Gasteiger partial charge in [-0.1, -0.05) is 36.4 Å². The van der Waals surface area contributed by atoms with Gasteiger partial charge in [0, 0.05) is 50.5 Å². The number of rotatable bonds is 4. The predicted molar refractivity (Wildman–Crippen MR) is 112 cm³/mol. The number of aromatic nitrogens is 2. The third kappa shape index (κ3) is 3.64. The maximum absolute atomic E-state index is 11.3. The molecule has 2 aliphatic heterocycles. The van der Waals surface area contributed by atoms with E-state index in [-0.39, 0.29) is 18.0 Å². The molecule has 1 spiro atoms. The molecule has 0 aliphatic carbocycles. The molecule has 150 valence electrons. The van der Waals surface area contributed by atoms with Crippen molar-refractivity contribution in [3.05, 3.63) is 66.0 Å². The van der Waals surface area contributed by atoms with Gasteiger partial charge in [0.15, 0.2) is 0 Å². The number of nitrogens with one attached hydrogen (secondary N) is 1. The van der Waals surface area contributed by atoms with Crippen LogP contribution in [-0.2, 0) is 6.54 Å². The topological polar surface area (TPSA) is 81.6 Å². The van der Waals surface area contributed by atoms with Crippen molar-refractivity contribution < 1.29 is 10.0 Å². The van der Waals surface area contributed by atoms with Gasteiger partial charge in [-0.2, -0.15) is 0 Å².